The molecule has 0 fully saturated rings. The van der Waals surface area contributed by atoms with Crippen LogP contribution in [0.3, 0.4) is 0 Å². The van der Waals surface area contributed by atoms with E-state index < -0.39 is 5.92 Å². The molecular weight excluding hydrogens is 398 g/mol. The fraction of sp³-hybridized carbons (Fsp3) is 0.107. The summed E-state index contributed by atoms with van der Waals surface area (Å²) < 4.78 is 11.5. The Bertz CT molecular complexity index is 1080. The first-order chi connectivity index (χ1) is 15.8. The Hall–Kier alpha value is -4.05. The zero-order valence-corrected chi connectivity index (χ0v) is 17.7. The number of nitrogens with one attached hydrogen (secondary N) is 1. The summed E-state index contributed by atoms with van der Waals surface area (Å²) in [5.41, 5.74) is 2.58. The fourth-order valence-corrected chi connectivity index (χ4v) is 3.50. The molecule has 0 aliphatic heterocycles. The summed E-state index contributed by atoms with van der Waals surface area (Å²) in [4.78, 5) is 13.3. The predicted octanol–water partition coefficient (Wildman–Crippen LogP) is 5.92. The molecule has 0 unspecified atom stereocenters. The Labute approximate surface area is 188 Å². The molecule has 0 saturated carbocycles. The number of carbonyl (C=O) groups is 1. The second-order valence-electron chi connectivity index (χ2n) is 7.28. The maximum absolute atomic E-state index is 13.3. The lowest BCUT2D eigenvalue weighted by Crippen LogP contribution is -2.22. The third-order valence-corrected chi connectivity index (χ3v) is 4.99. The minimum Gasteiger partial charge on any atom is -0.490 e. The number of anilines is 1. The van der Waals surface area contributed by atoms with Gasteiger partial charge in [-0.05, 0) is 35.4 Å². The molecule has 32 heavy (non-hydrogen) atoms. The van der Waals surface area contributed by atoms with Gasteiger partial charge >= 0.3 is 0 Å². The van der Waals surface area contributed by atoms with Gasteiger partial charge < -0.3 is 14.8 Å². The number of carbonyl (C=O) groups excluding carboxylic acids is 1. The van der Waals surface area contributed by atoms with Gasteiger partial charge in [0.15, 0.2) is 0 Å². The number of amides is 1. The van der Waals surface area contributed by atoms with E-state index in [2.05, 4.69) is 5.32 Å². The summed E-state index contributed by atoms with van der Waals surface area (Å²) in [5, 5.41) is 3.05. The van der Waals surface area contributed by atoms with Crippen LogP contribution in [-0.2, 0) is 4.79 Å². The molecule has 4 aromatic rings. The van der Waals surface area contributed by atoms with Gasteiger partial charge in [0.25, 0.3) is 0 Å². The molecule has 0 radical (unpaired) electrons. The first-order valence-electron chi connectivity index (χ1n) is 10.6. The topological polar surface area (TPSA) is 47.6 Å². The summed E-state index contributed by atoms with van der Waals surface area (Å²) in [5.74, 6) is 0.994. The summed E-state index contributed by atoms with van der Waals surface area (Å²) >= 11 is 0. The van der Waals surface area contributed by atoms with Crippen LogP contribution in [0.4, 0.5) is 5.69 Å². The Balaban J connectivity index is 1.40. The summed E-state index contributed by atoms with van der Waals surface area (Å²) in [7, 11) is 0. The van der Waals surface area contributed by atoms with E-state index in [1.54, 1.807) is 0 Å². The normalized spacial score (nSPS) is 10.5. The van der Waals surface area contributed by atoms with Crippen molar-refractivity contribution >= 4 is 11.6 Å². The fourth-order valence-electron chi connectivity index (χ4n) is 3.50. The highest BCUT2D eigenvalue weighted by Crippen LogP contribution is 2.27. The molecule has 0 atom stereocenters. The maximum Gasteiger partial charge on any atom is 0.236 e. The minimum atomic E-state index is -0.402. The largest absolute Gasteiger partial charge is 0.490 e. The molecular formula is C28H25NO3. The average molecular weight is 424 g/mol. The Morgan fingerprint density at radius 1 is 0.625 bits per heavy atom. The molecule has 0 aromatic heterocycles. The Kier molecular flexibility index (Phi) is 7.17. The monoisotopic (exact) mass is 423 g/mol. The highest BCUT2D eigenvalue weighted by atomic mass is 16.5. The van der Waals surface area contributed by atoms with Crippen LogP contribution in [0, 0.1) is 0 Å². The van der Waals surface area contributed by atoms with E-state index in [1.165, 1.54) is 0 Å². The first-order valence-corrected chi connectivity index (χ1v) is 10.6. The van der Waals surface area contributed by atoms with Crippen molar-refractivity contribution in [3.8, 4) is 11.5 Å². The van der Waals surface area contributed by atoms with Crippen molar-refractivity contribution in [2.75, 3.05) is 18.5 Å². The molecule has 1 N–H and O–H groups in total. The molecule has 4 nitrogen and oxygen atoms in total. The third kappa shape index (κ3) is 5.76. The van der Waals surface area contributed by atoms with Crippen molar-refractivity contribution in [1.82, 2.24) is 0 Å². The zero-order valence-electron chi connectivity index (χ0n) is 17.7. The molecule has 4 rings (SSSR count). The van der Waals surface area contributed by atoms with Gasteiger partial charge in [0.2, 0.25) is 5.91 Å². The SMILES string of the molecule is O=C(Nc1cccc(OCCOc2ccccc2)c1)C(c1ccccc1)c1ccccc1. The molecule has 0 spiro atoms. The van der Waals surface area contributed by atoms with Crippen LogP contribution < -0.4 is 14.8 Å². The molecule has 4 aromatic carbocycles. The van der Waals surface area contributed by atoms with Crippen molar-refractivity contribution in [2.24, 2.45) is 0 Å². The second kappa shape index (κ2) is 10.8. The van der Waals surface area contributed by atoms with E-state index in [-0.39, 0.29) is 5.91 Å². The van der Waals surface area contributed by atoms with E-state index in [0.29, 0.717) is 24.7 Å². The van der Waals surface area contributed by atoms with Crippen molar-refractivity contribution in [1.29, 1.82) is 0 Å². The molecule has 1 amide bonds. The smallest absolute Gasteiger partial charge is 0.236 e. The van der Waals surface area contributed by atoms with Crippen molar-refractivity contribution in [2.45, 2.75) is 5.92 Å². The lowest BCUT2D eigenvalue weighted by Gasteiger charge is -2.18. The van der Waals surface area contributed by atoms with Gasteiger partial charge in [-0.3, -0.25) is 4.79 Å². The molecule has 0 heterocycles. The van der Waals surface area contributed by atoms with Crippen LogP contribution in [0.15, 0.2) is 115 Å². The summed E-state index contributed by atoms with van der Waals surface area (Å²) in [6, 6.07) is 36.6. The van der Waals surface area contributed by atoms with E-state index in [9.17, 15) is 4.79 Å². The standard InChI is InChI=1S/C28H25NO3/c30-28(27(22-11-4-1-5-12-22)23-13-6-2-7-14-23)29-24-15-10-18-26(21-24)32-20-19-31-25-16-8-3-9-17-25/h1-18,21,27H,19-20H2,(H,29,30). The minimum absolute atomic E-state index is 0.0908. The number of rotatable bonds is 9. The van der Waals surface area contributed by atoms with Gasteiger partial charge in [-0.2, -0.15) is 0 Å². The maximum atomic E-state index is 13.3. The average Bonchev–Trinajstić information content (AvgIpc) is 2.84. The van der Waals surface area contributed by atoms with Crippen molar-refractivity contribution in [3.05, 3.63) is 126 Å². The Morgan fingerprint density at radius 2 is 1.12 bits per heavy atom. The molecule has 0 aliphatic rings. The van der Waals surface area contributed by atoms with Crippen molar-refractivity contribution < 1.29 is 14.3 Å². The van der Waals surface area contributed by atoms with E-state index >= 15 is 0 Å². The Morgan fingerprint density at radius 3 is 1.72 bits per heavy atom. The highest BCUT2D eigenvalue weighted by molar-refractivity contribution is 5.98. The number of hydrogen-bond acceptors (Lipinski definition) is 3. The van der Waals surface area contributed by atoms with Crippen LogP contribution >= 0.6 is 0 Å². The number of hydrogen-bond donors (Lipinski definition) is 1. The lowest BCUT2D eigenvalue weighted by atomic mass is 9.90. The van der Waals surface area contributed by atoms with E-state index in [4.69, 9.17) is 9.47 Å². The zero-order chi connectivity index (χ0) is 22.0. The van der Waals surface area contributed by atoms with Crippen LogP contribution in [0.1, 0.15) is 17.0 Å². The molecule has 160 valence electrons. The number of benzene rings is 4. The van der Waals surface area contributed by atoms with Crippen LogP contribution in [-0.4, -0.2) is 19.1 Å². The van der Waals surface area contributed by atoms with Gasteiger partial charge in [0, 0.05) is 11.8 Å². The summed E-state index contributed by atoms with van der Waals surface area (Å²) in [6.07, 6.45) is 0. The van der Waals surface area contributed by atoms with Gasteiger partial charge in [-0.1, -0.05) is 84.9 Å². The highest BCUT2D eigenvalue weighted by Gasteiger charge is 2.22. The van der Waals surface area contributed by atoms with Crippen LogP contribution in [0.5, 0.6) is 11.5 Å². The van der Waals surface area contributed by atoms with Crippen LogP contribution in [0.25, 0.3) is 0 Å². The molecule has 0 bridgehead atoms. The lowest BCUT2D eigenvalue weighted by molar-refractivity contribution is -0.116. The quantitative estimate of drug-likeness (QED) is 0.340. The first kappa shape index (κ1) is 21.2. The second-order valence-corrected chi connectivity index (χ2v) is 7.28. The molecule has 0 aliphatic carbocycles. The summed E-state index contributed by atoms with van der Waals surface area (Å²) in [6.45, 7) is 0.841. The van der Waals surface area contributed by atoms with Crippen LogP contribution in [0.2, 0.25) is 0 Å². The third-order valence-electron chi connectivity index (χ3n) is 4.99. The van der Waals surface area contributed by atoms with Gasteiger partial charge in [0.05, 0.1) is 5.92 Å². The van der Waals surface area contributed by atoms with Gasteiger partial charge in [-0.25, -0.2) is 0 Å². The molecule has 0 saturated heterocycles. The predicted molar refractivity (Wildman–Crippen MR) is 127 cm³/mol. The number of ether oxygens (including phenoxy) is 2. The van der Waals surface area contributed by atoms with E-state index in [0.717, 1.165) is 16.9 Å². The molecule has 4 heteroatoms. The van der Waals surface area contributed by atoms with Crippen molar-refractivity contribution in [3.63, 3.8) is 0 Å². The van der Waals surface area contributed by atoms with Gasteiger partial charge in [0.1, 0.15) is 24.7 Å². The number of para-hydroxylation sites is 1. The van der Waals surface area contributed by atoms with E-state index in [1.807, 2.05) is 115 Å². The van der Waals surface area contributed by atoms with Gasteiger partial charge in [-0.15, -0.1) is 0 Å².